The van der Waals surface area contributed by atoms with Gasteiger partial charge in [-0.05, 0) is 56.0 Å². The highest BCUT2D eigenvalue weighted by molar-refractivity contribution is 7.89. The molecule has 0 aromatic heterocycles. The number of hydrogen-bond acceptors (Lipinski definition) is 4. The van der Waals surface area contributed by atoms with Crippen molar-refractivity contribution in [1.82, 2.24) is 9.62 Å². The van der Waals surface area contributed by atoms with Crippen molar-refractivity contribution in [2.24, 2.45) is 11.8 Å². The first kappa shape index (κ1) is 25.2. The molecule has 1 heterocycles. The van der Waals surface area contributed by atoms with Gasteiger partial charge in [-0.1, -0.05) is 49.2 Å². The van der Waals surface area contributed by atoms with Crippen molar-refractivity contribution in [2.45, 2.75) is 44.6 Å². The first-order valence-corrected chi connectivity index (χ1v) is 12.8. The zero-order valence-corrected chi connectivity index (χ0v) is 20.6. The van der Waals surface area contributed by atoms with Crippen molar-refractivity contribution in [2.75, 3.05) is 18.4 Å². The van der Waals surface area contributed by atoms with Crippen LogP contribution in [0.3, 0.4) is 0 Å². The Labute approximate surface area is 200 Å². The smallest absolute Gasteiger partial charge is 0.247 e. The molecular formula is C24H30ClN3O4S. The molecule has 0 aliphatic carbocycles. The largest absolute Gasteiger partial charge is 0.344 e. The third kappa shape index (κ3) is 6.34. The molecule has 2 N–H and O–H groups in total. The van der Waals surface area contributed by atoms with Crippen molar-refractivity contribution in [1.29, 1.82) is 0 Å². The van der Waals surface area contributed by atoms with E-state index in [1.807, 2.05) is 20.8 Å². The Morgan fingerprint density at radius 3 is 2.27 bits per heavy atom. The van der Waals surface area contributed by atoms with E-state index in [0.29, 0.717) is 23.6 Å². The summed E-state index contributed by atoms with van der Waals surface area (Å²) in [4.78, 5) is 26.0. The van der Waals surface area contributed by atoms with Gasteiger partial charge in [0.05, 0.1) is 4.90 Å². The normalized spacial score (nSPS) is 16.4. The van der Waals surface area contributed by atoms with Crippen LogP contribution in [-0.4, -0.2) is 43.7 Å². The van der Waals surface area contributed by atoms with Gasteiger partial charge in [0.1, 0.15) is 6.04 Å². The summed E-state index contributed by atoms with van der Waals surface area (Å²) in [6.07, 6.45) is 0.801. The summed E-state index contributed by atoms with van der Waals surface area (Å²) in [6.45, 7) is 6.14. The zero-order chi connectivity index (χ0) is 24.2. The predicted octanol–water partition coefficient (Wildman–Crippen LogP) is 3.83. The van der Waals surface area contributed by atoms with E-state index in [-0.39, 0.29) is 41.6 Å². The SMILES string of the molecule is Cc1ccc(S(=O)(=O)N2CCC(C(=O)NC(C(=O)Nc3cccc(Cl)c3)C(C)C)CC2)cc1. The van der Waals surface area contributed by atoms with E-state index in [0.717, 1.165) is 5.56 Å². The Hall–Kier alpha value is -2.42. The van der Waals surface area contributed by atoms with Gasteiger partial charge in [-0.3, -0.25) is 9.59 Å². The van der Waals surface area contributed by atoms with Crippen molar-refractivity contribution in [3.63, 3.8) is 0 Å². The fourth-order valence-electron chi connectivity index (χ4n) is 3.81. The molecule has 1 saturated heterocycles. The van der Waals surface area contributed by atoms with Crippen LogP contribution in [0.4, 0.5) is 5.69 Å². The summed E-state index contributed by atoms with van der Waals surface area (Å²) in [5.41, 5.74) is 1.55. The number of carbonyl (C=O) groups is 2. The second-order valence-electron chi connectivity index (χ2n) is 8.72. The molecule has 0 bridgehead atoms. The monoisotopic (exact) mass is 491 g/mol. The van der Waals surface area contributed by atoms with E-state index in [4.69, 9.17) is 11.6 Å². The van der Waals surface area contributed by atoms with E-state index >= 15 is 0 Å². The third-order valence-corrected chi connectivity index (χ3v) is 7.97. The number of anilines is 1. The highest BCUT2D eigenvalue weighted by Crippen LogP contribution is 2.25. The minimum absolute atomic E-state index is 0.130. The van der Waals surface area contributed by atoms with Crippen LogP contribution in [0.5, 0.6) is 0 Å². The van der Waals surface area contributed by atoms with Gasteiger partial charge in [-0.15, -0.1) is 0 Å². The summed E-state index contributed by atoms with van der Waals surface area (Å²) >= 11 is 5.98. The van der Waals surface area contributed by atoms with Crippen LogP contribution in [0, 0.1) is 18.8 Å². The number of carbonyl (C=O) groups excluding carboxylic acids is 2. The Morgan fingerprint density at radius 1 is 1.06 bits per heavy atom. The molecule has 9 heteroatoms. The fourth-order valence-corrected chi connectivity index (χ4v) is 5.47. The van der Waals surface area contributed by atoms with E-state index in [2.05, 4.69) is 10.6 Å². The second-order valence-corrected chi connectivity index (χ2v) is 11.1. The minimum atomic E-state index is -3.59. The van der Waals surface area contributed by atoms with Gasteiger partial charge in [-0.25, -0.2) is 8.42 Å². The number of halogens is 1. The Morgan fingerprint density at radius 2 is 1.70 bits per heavy atom. The zero-order valence-electron chi connectivity index (χ0n) is 19.0. The van der Waals surface area contributed by atoms with Crippen LogP contribution >= 0.6 is 11.6 Å². The Balaban J connectivity index is 1.59. The quantitative estimate of drug-likeness (QED) is 0.615. The molecule has 2 aromatic rings. The van der Waals surface area contributed by atoms with E-state index < -0.39 is 16.1 Å². The number of hydrogen-bond donors (Lipinski definition) is 2. The number of piperidine rings is 1. The first-order chi connectivity index (χ1) is 15.6. The summed E-state index contributed by atoms with van der Waals surface area (Å²) in [6, 6.07) is 12.9. The van der Waals surface area contributed by atoms with E-state index in [1.54, 1.807) is 48.5 Å². The molecule has 0 radical (unpaired) electrons. The van der Waals surface area contributed by atoms with E-state index in [9.17, 15) is 18.0 Å². The standard InChI is InChI=1S/C24H30ClN3O4S/c1-16(2)22(24(30)26-20-6-4-5-19(25)15-20)27-23(29)18-11-13-28(14-12-18)33(31,32)21-9-7-17(3)8-10-21/h4-10,15-16,18,22H,11-14H2,1-3H3,(H,26,30)(H,27,29). The number of nitrogens with zero attached hydrogens (tertiary/aromatic N) is 1. The number of amides is 2. The topological polar surface area (TPSA) is 95.6 Å². The molecule has 1 atom stereocenters. The first-order valence-electron chi connectivity index (χ1n) is 11.0. The molecule has 2 aromatic carbocycles. The average molecular weight is 492 g/mol. The Bertz CT molecular complexity index is 1090. The Kier molecular flexibility index (Phi) is 8.15. The maximum Gasteiger partial charge on any atom is 0.247 e. The molecule has 1 aliphatic rings. The van der Waals surface area contributed by atoms with Crippen LogP contribution in [0.15, 0.2) is 53.4 Å². The van der Waals surface area contributed by atoms with Gasteiger partial charge >= 0.3 is 0 Å². The number of nitrogens with one attached hydrogen (secondary N) is 2. The predicted molar refractivity (Wildman–Crippen MR) is 130 cm³/mol. The number of benzene rings is 2. The average Bonchev–Trinajstić information content (AvgIpc) is 2.77. The molecule has 33 heavy (non-hydrogen) atoms. The molecule has 1 fully saturated rings. The molecule has 0 spiro atoms. The molecule has 2 amide bonds. The van der Waals surface area contributed by atoms with Crippen molar-refractivity contribution < 1.29 is 18.0 Å². The summed E-state index contributed by atoms with van der Waals surface area (Å²) < 4.78 is 27.2. The van der Waals surface area contributed by atoms with Crippen LogP contribution in [0.2, 0.25) is 5.02 Å². The highest BCUT2D eigenvalue weighted by atomic mass is 35.5. The lowest BCUT2D eigenvalue weighted by atomic mass is 9.95. The van der Waals surface area contributed by atoms with Gasteiger partial charge in [0, 0.05) is 29.7 Å². The molecule has 0 saturated carbocycles. The van der Waals surface area contributed by atoms with Gasteiger partial charge in [0.15, 0.2) is 0 Å². The number of sulfonamides is 1. The van der Waals surface area contributed by atoms with Crippen molar-refractivity contribution >= 4 is 39.1 Å². The number of rotatable bonds is 7. The third-order valence-electron chi connectivity index (χ3n) is 5.82. The summed E-state index contributed by atoms with van der Waals surface area (Å²) in [5, 5.41) is 6.16. The highest BCUT2D eigenvalue weighted by Gasteiger charge is 2.34. The van der Waals surface area contributed by atoms with Crippen LogP contribution < -0.4 is 10.6 Å². The van der Waals surface area contributed by atoms with Gasteiger partial charge in [0.2, 0.25) is 21.8 Å². The fraction of sp³-hybridized carbons (Fsp3) is 0.417. The summed E-state index contributed by atoms with van der Waals surface area (Å²) in [7, 11) is -3.59. The van der Waals surface area contributed by atoms with Crippen molar-refractivity contribution in [3.8, 4) is 0 Å². The van der Waals surface area contributed by atoms with Gasteiger partial charge in [-0.2, -0.15) is 4.31 Å². The molecule has 1 aliphatic heterocycles. The maximum absolute atomic E-state index is 12.9. The molecule has 178 valence electrons. The van der Waals surface area contributed by atoms with Crippen LogP contribution in [0.1, 0.15) is 32.3 Å². The van der Waals surface area contributed by atoms with Gasteiger partial charge in [0.25, 0.3) is 0 Å². The minimum Gasteiger partial charge on any atom is -0.344 e. The maximum atomic E-state index is 12.9. The number of aryl methyl sites for hydroxylation is 1. The van der Waals surface area contributed by atoms with Crippen LogP contribution in [-0.2, 0) is 19.6 Å². The van der Waals surface area contributed by atoms with Crippen molar-refractivity contribution in [3.05, 3.63) is 59.1 Å². The summed E-state index contributed by atoms with van der Waals surface area (Å²) in [5.74, 6) is -1.04. The molecular weight excluding hydrogens is 462 g/mol. The molecule has 7 nitrogen and oxygen atoms in total. The van der Waals surface area contributed by atoms with E-state index in [1.165, 1.54) is 4.31 Å². The molecule has 1 unspecified atom stereocenters. The lowest BCUT2D eigenvalue weighted by Gasteiger charge is -2.32. The lowest BCUT2D eigenvalue weighted by Crippen LogP contribution is -2.50. The lowest BCUT2D eigenvalue weighted by molar-refractivity contribution is -0.130. The van der Waals surface area contributed by atoms with Crippen LogP contribution in [0.25, 0.3) is 0 Å². The second kappa shape index (κ2) is 10.7. The van der Waals surface area contributed by atoms with Gasteiger partial charge < -0.3 is 10.6 Å². The molecule has 3 rings (SSSR count).